The molecule has 1 aromatic rings. The lowest BCUT2D eigenvalue weighted by Gasteiger charge is -2.00. The average Bonchev–Trinajstić information content (AvgIpc) is 2.36. The molecule has 0 bridgehead atoms. The number of amides is 1. The molecule has 0 aromatic carbocycles. The van der Waals surface area contributed by atoms with Crippen molar-refractivity contribution < 1.29 is 14.2 Å². The van der Waals surface area contributed by atoms with Crippen LogP contribution in [0.5, 0.6) is 0 Å². The van der Waals surface area contributed by atoms with E-state index in [0.29, 0.717) is 5.76 Å². The highest BCUT2D eigenvalue weighted by Gasteiger charge is 2.12. The molecule has 1 aromatic heterocycles. The summed E-state index contributed by atoms with van der Waals surface area (Å²) in [5, 5.41) is 3.73. The minimum absolute atomic E-state index is 0.211. The number of hydroxylamine groups is 1. The molecule has 13 heavy (non-hydrogen) atoms. The zero-order chi connectivity index (χ0) is 9.84. The Hall–Kier alpha value is -1.36. The second kappa shape index (κ2) is 4.04. The van der Waals surface area contributed by atoms with Crippen LogP contribution in [0.1, 0.15) is 17.0 Å². The van der Waals surface area contributed by atoms with Gasteiger partial charge in [-0.05, 0) is 13.8 Å². The minimum atomic E-state index is -0.211. The normalized spacial score (nSPS) is 10.1. The second-order valence-corrected chi connectivity index (χ2v) is 2.71. The third kappa shape index (κ3) is 2.29. The molecule has 0 atom stereocenters. The van der Waals surface area contributed by atoms with Gasteiger partial charge in [-0.2, -0.15) is 0 Å². The van der Waals surface area contributed by atoms with Crippen molar-refractivity contribution in [2.24, 2.45) is 0 Å². The Kier molecular flexibility index (Phi) is 3.02. The van der Waals surface area contributed by atoms with E-state index in [9.17, 15) is 4.79 Å². The smallest absolute Gasteiger partial charge is 0.248 e. The fourth-order valence-electron chi connectivity index (χ4n) is 1.06. The highest BCUT2D eigenvalue weighted by Crippen LogP contribution is 2.12. The fourth-order valence-corrected chi connectivity index (χ4v) is 1.06. The van der Waals surface area contributed by atoms with Crippen molar-refractivity contribution in [3.8, 4) is 0 Å². The van der Waals surface area contributed by atoms with E-state index in [1.165, 1.54) is 7.11 Å². The molecule has 0 spiro atoms. The Bertz CT molecular complexity index is 287. The molecule has 0 aliphatic heterocycles. The average molecular weight is 184 g/mol. The van der Waals surface area contributed by atoms with Crippen LogP contribution in [0, 0.1) is 13.8 Å². The summed E-state index contributed by atoms with van der Waals surface area (Å²) < 4.78 is 4.90. The largest absolute Gasteiger partial charge is 0.361 e. The molecular weight excluding hydrogens is 172 g/mol. The van der Waals surface area contributed by atoms with Gasteiger partial charge in [-0.3, -0.25) is 9.63 Å². The predicted molar refractivity (Wildman–Crippen MR) is 44.8 cm³/mol. The second-order valence-electron chi connectivity index (χ2n) is 2.71. The predicted octanol–water partition coefficient (Wildman–Crippen LogP) is 0.512. The maximum atomic E-state index is 11.1. The van der Waals surface area contributed by atoms with Crippen molar-refractivity contribution in [1.29, 1.82) is 0 Å². The Morgan fingerprint density at radius 1 is 1.62 bits per heavy atom. The molecule has 0 aliphatic carbocycles. The van der Waals surface area contributed by atoms with Crippen molar-refractivity contribution in [1.82, 2.24) is 10.6 Å². The number of carbonyl (C=O) groups excluding carboxylic acids is 1. The number of aromatic nitrogens is 1. The van der Waals surface area contributed by atoms with E-state index in [-0.39, 0.29) is 12.3 Å². The van der Waals surface area contributed by atoms with Crippen LogP contribution in [0.4, 0.5) is 0 Å². The molecule has 1 heterocycles. The highest BCUT2D eigenvalue weighted by molar-refractivity contribution is 5.77. The maximum absolute atomic E-state index is 11.1. The van der Waals surface area contributed by atoms with E-state index in [1.54, 1.807) is 13.8 Å². The maximum Gasteiger partial charge on any atom is 0.248 e. The number of rotatable bonds is 3. The molecule has 1 rings (SSSR count). The molecule has 72 valence electrons. The van der Waals surface area contributed by atoms with E-state index in [2.05, 4.69) is 15.5 Å². The number of nitrogens with zero attached hydrogens (tertiary/aromatic N) is 1. The summed E-state index contributed by atoms with van der Waals surface area (Å²) in [4.78, 5) is 15.6. The van der Waals surface area contributed by atoms with Gasteiger partial charge in [-0.25, -0.2) is 5.48 Å². The quantitative estimate of drug-likeness (QED) is 0.695. The summed E-state index contributed by atoms with van der Waals surface area (Å²) in [5.41, 5.74) is 3.78. The fraction of sp³-hybridized carbons (Fsp3) is 0.500. The van der Waals surface area contributed by atoms with Gasteiger partial charge in [0.05, 0.1) is 19.2 Å². The van der Waals surface area contributed by atoms with Crippen molar-refractivity contribution in [3.63, 3.8) is 0 Å². The lowest BCUT2D eigenvalue weighted by atomic mass is 10.1. The van der Waals surface area contributed by atoms with E-state index in [0.717, 1.165) is 11.3 Å². The molecule has 0 fully saturated rings. The van der Waals surface area contributed by atoms with E-state index in [1.807, 2.05) is 0 Å². The monoisotopic (exact) mass is 184 g/mol. The van der Waals surface area contributed by atoms with Crippen LogP contribution < -0.4 is 5.48 Å². The van der Waals surface area contributed by atoms with E-state index >= 15 is 0 Å². The van der Waals surface area contributed by atoms with Gasteiger partial charge in [-0.15, -0.1) is 0 Å². The van der Waals surface area contributed by atoms with Crippen molar-refractivity contribution in [3.05, 3.63) is 17.0 Å². The number of nitrogens with one attached hydrogen (secondary N) is 1. The Labute approximate surface area is 76.0 Å². The van der Waals surface area contributed by atoms with Crippen LogP contribution in [0.2, 0.25) is 0 Å². The Morgan fingerprint density at radius 3 is 2.77 bits per heavy atom. The summed E-state index contributed by atoms with van der Waals surface area (Å²) in [6, 6.07) is 0. The summed E-state index contributed by atoms with van der Waals surface area (Å²) in [5.74, 6) is 0.459. The molecule has 5 nitrogen and oxygen atoms in total. The first-order valence-electron chi connectivity index (χ1n) is 3.88. The van der Waals surface area contributed by atoms with Gasteiger partial charge in [0.15, 0.2) is 0 Å². The van der Waals surface area contributed by atoms with Crippen molar-refractivity contribution >= 4 is 5.91 Å². The van der Waals surface area contributed by atoms with Gasteiger partial charge < -0.3 is 4.52 Å². The topological polar surface area (TPSA) is 64.4 Å². The molecule has 0 unspecified atom stereocenters. The van der Waals surface area contributed by atoms with Crippen LogP contribution in [0.3, 0.4) is 0 Å². The van der Waals surface area contributed by atoms with Crippen LogP contribution >= 0.6 is 0 Å². The molecule has 1 N–H and O–H groups in total. The molecule has 0 aliphatic rings. The molecule has 5 heteroatoms. The molecule has 0 saturated carbocycles. The Balaban J connectivity index is 2.68. The van der Waals surface area contributed by atoms with Crippen molar-refractivity contribution in [2.45, 2.75) is 20.3 Å². The standard InChI is InChI=1S/C8H12N2O3/c1-5-7(6(2)13-9-5)4-8(11)10-12-3/h4H2,1-3H3,(H,10,11). The number of carbonyl (C=O) groups is 1. The highest BCUT2D eigenvalue weighted by atomic mass is 16.6. The van der Waals surface area contributed by atoms with Crippen LogP contribution in [0.25, 0.3) is 0 Å². The van der Waals surface area contributed by atoms with Crippen LogP contribution in [-0.4, -0.2) is 18.2 Å². The van der Waals surface area contributed by atoms with Gasteiger partial charge in [0, 0.05) is 5.56 Å². The third-order valence-corrected chi connectivity index (χ3v) is 1.73. The lowest BCUT2D eigenvalue weighted by molar-refractivity contribution is -0.130. The van der Waals surface area contributed by atoms with Gasteiger partial charge in [-0.1, -0.05) is 5.16 Å². The first-order chi connectivity index (χ1) is 6.15. The summed E-state index contributed by atoms with van der Waals surface area (Å²) in [6.45, 7) is 3.57. The van der Waals surface area contributed by atoms with Crippen LogP contribution in [-0.2, 0) is 16.1 Å². The van der Waals surface area contributed by atoms with Gasteiger partial charge in [0.2, 0.25) is 5.91 Å². The molecule has 0 saturated heterocycles. The summed E-state index contributed by atoms with van der Waals surface area (Å²) in [6.07, 6.45) is 0.231. The molecule has 0 radical (unpaired) electrons. The first kappa shape index (κ1) is 9.73. The minimum Gasteiger partial charge on any atom is -0.361 e. The van der Waals surface area contributed by atoms with Gasteiger partial charge in [0.25, 0.3) is 0 Å². The van der Waals surface area contributed by atoms with E-state index in [4.69, 9.17) is 4.52 Å². The summed E-state index contributed by atoms with van der Waals surface area (Å²) in [7, 11) is 1.39. The third-order valence-electron chi connectivity index (χ3n) is 1.73. The zero-order valence-corrected chi connectivity index (χ0v) is 7.88. The summed E-state index contributed by atoms with van der Waals surface area (Å²) >= 11 is 0. The van der Waals surface area contributed by atoms with E-state index < -0.39 is 0 Å². The SMILES string of the molecule is CONC(=O)Cc1c(C)noc1C. The van der Waals surface area contributed by atoms with Gasteiger partial charge >= 0.3 is 0 Å². The number of aryl methyl sites for hydroxylation is 2. The van der Waals surface area contributed by atoms with Gasteiger partial charge in [0.1, 0.15) is 5.76 Å². The van der Waals surface area contributed by atoms with Crippen LogP contribution in [0.15, 0.2) is 4.52 Å². The first-order valence-corrected chi connectivity index (χ1v) is 3.88. The molecular formula is C8H12N2O3. The number of hydrogen-bond donors (Lipinski definition) is 1. The molecule has 1 amide bonds. The zero-order valence-electron chi connectivity index (χ0n) is 7.88. The van der Waals surface area contributed by atoms with Crippen molar-refractivity contribution in [2.75, 3.05) is 7.11 Å². The Morgan fingerprint density at radius 2 is 2.31 bits per heavy atom. The number of hydrogen-bond acceptors (Lipinski definition) is 4. The lowest BCUT2D eigenvalue weighted by Crippen LogP contribution is -2.24.